The molecule has 5 nitrogen and oxygen atoms in total. The number of carboxylic acid groups (broad SMARTS) is 1. The van der Waals surface area contributed by atoms with Crippen LogP contribution in [0.5, 0.6) is 0 Å². The van der Waals surface area contributed by atoms with Crippen LogP contribution in [0.15, 0.2) is 48.5 Å². The summed E-state index contributed by atoms with van der Waals surface area (Å²) in [6, 6.07) is 14.4. The molecule has 0 saturated carbocycles. The van der Waals surface area contributed by atoms with Crippen molar-refractivity contribution in [3.05, 3.63) is 70.8 Å². The minimum absolute atomic E-state index is 0.0945. The quantitative estimate of drug-likeness (QED) is 0.848. The minimum atomic E-state index is -0.938. The van der Waals surface area contributed by atoms with E-state index in [0.717, 1.165) is 30.8 Å². The van der Waals surface area contributed by atoms with E-state index in [1.54, 1.807) is 24.3 Å². The highest BCUT2D eigenvalue weighted by Crippen LogP contribution is 2.25. The van der Waals surface area contributed by atoms with Crippen molar-refractivity contribution in [1.82, 2.24) is 5.32 Å². The van der Waals surface area contributed by atoms with Crippen molar-refractivity contribution in [3.63, 3.8) is 0 Å². The zero-order valence-electron chi connectivity index (χ0n) is 13.9. The fraction of sp³-hybridized carbons (Fsp3) is 0.300. The summed E-state index contributed by atoms with van der Waals surface area (Å²) in [5, 5.41) is 11.8. The van der Waals surface area contributed by atoms with Gasteiger partial charge in [-0.15, -0.1) is 0 Å². The second kappa shape index (κ2) is 7.94. The molecule has 2 aromatic rings. The average Bonchev–Trinajstić information content (AvgIpc) is 3.17. The Hall–Kier alpha value is -2.66. The highest BCUT2D eigenvalue weighted by Gasteiger charge is 2.18. The van der Waals surface area contributed by atoms with E-state index in [0.29, 0.717) is 24.4 Å². The lowest BCUT2D eigenvalue weighted by molar-refractivity contribution is 0.0696. The molecule has 1 saturated heterocycles. The van der Waals surface area contributed by atoms with Gasteiger partial charge in [-0.3, -0.25) is 4.79 Å². The molecule has 1 aliphatic heterocycles. The Morgan fingerprint density at radius 1 is 1.12 bits per heavy atom. The molecule has 0 aromatic heterocycles. The van der Waals surface area contributed by atoms with Crippen LogP contribution >= 0.6 is 0 Å². The first kappa shape index (κ1) is 17.2. The van der Waals surface area contributed by atoms with Crippen LogP contribution in [0.4, 0.5) is 0 Å². The predicted molar refractivity (Wildman–Crippen MR) is 94.1 cm³/mol. The van der Waals surface area contributed by atoms with Gasteiger partial charge in [-0.1, -0.05) is 24.3 Å². The Kier molecular flexibility index (Phi) is 5.46. The zero-order valence-corrected chi connectivity index (χ0v) is 13.9. The number of carbonyl (C=O) groups excluding carboxylic acids is 1. The van der Waals surface area contributed by atoms with Crippen LogP contribution in [0.25, 0.3) is 0 Å². The number of amides is 1. The van der Waals surface area contributed by atoms with E-state index in [1.165, 1.54) is 0 Å². The van der Waals surface area contributed by atoms with Gasteiger partial charge in [-0.2, -0.15) is 0 Å². The number of carbonyl (C=O) groups is 2. The van der Waals surface area contributed by atoms with E-state index in [9.17, 15) is 9.59 Å². The van der Waals surface area contributed by atoms with Gasteiger partial charge in [0, 0.05) is 24.6 Å². The molecule has 0 spiro atoms. The van der Waals surface area contributed by atoms with E-state index in [4.69, 9.17) is 9.84 Å². The third kappa shape index (κ3) is 4.45. The average molecular weight is 339 g/mol. The van der Waals surface area contributed by atoms with Gasteiger partial charge in [0.25, 0.3) is 5.91 Å². The number of hydrogen-bond acceptors (Lipinski definition) is 3. The van der Waals surface area contributed by atoms with Crippen LogP contribution in [0.2, 0.25) is 0 Å². The van der Waals surface area contributed by atoms with Crippen molar-refractivity contribution in [3.8, 4) is 0 Å². The van der Waals surface area contributed by atoms with Crippen LogP contribution in [-0.2, 0) is 11.2 Å². The number of rotatable bonds is 6. The van der Waals surface area contributed by atoms with Gasteiger partial charge in [0.15, 0.2) is 0 Å². The first-order chi connectivity index (χ1) is 12.1. The molecule has 3 rings (SSSR count). The number of nitrogens with one attached hydrogen (secondary N) is 1. The molecule has 2 aromatic carbocycles. The second-order valence-corrected chi connectivity index (χ2v) is 6.19. The van der Waals surface area contributed by atoms with Crippen molar-refractivity contribution in [2.24, 2.45) is 0 Å². The number of ether oxygens (including phenoxy) is 1. The first-order valence-corrected chi connectivity index (χ1v) is 8.41. The number of benzene rings is 2. The zero-order chi connectivity index (χ0) is 17.6. The summed E-state index contributed by atoms with van der Waals surface area (Å²) in [7, 11) is 0. The molecule has 0 aliphatic carbocycles. The molecule has 1 aliphatic rings. The summed E-state index contributed by atoms with van der Waals surface area (Å²) in [6.07, 6.45) is 1.65. The molecule has 5 heteroatoms. The molecule has 1 unspecified atom stereocenters. The van der Waals surface area contributed by atoms with Gasteiger partial charge in [-0.05, 0) is 48.2 Å². The van der Waals surface area contributed by atoms with Crippen LogP contribution in [0, 0.1) is 0 Å². The highest BCUT2D eigenvalue weighted by atomic mass is 16.5. The number of aromatic carboxylic acids is 1. The number of hydrogen-bond donors (Lipinski definition) is 2. The molecule has 1 fully saturated rings. The maximum absolute atomic E-state index is 12.3. The Balaban J connectivity index is 1.53. The van der Waals surface area contributed by atoms with Crippen LogP contribution < -0.4 is 5.32 Å². The standard InChI is InChI=1S/C20H21NO4/c22-19(17-3-1-2-16(12-17)18-9-11-25-13-18)21-10-8-14-4-6-15(7-5-14)20(23)24/h1-7,12,18H,8-11,13H2,(H,21,22)(H,23,24). The van der Waals surface area contributed by atoms with Crippen molar-refractivity contribution in [2.45, 2.75) is 18.8 Å². The predicted octanol–water partition coefficient (Wildman–Crippen LogP) is 2.86. The SMILES string of the molecule is O=C(O)c1ccc(CCNC(=O)c2cccc(C3CCOC3)c2)cc1. The maximum Gasteiger partial charge on any atom is 0.335 e. The van der Waals surface area contributed by atoms with E-state index in [-0.39, 0.29) is 11.5 Å². The minimum Gasteiger partial charge on any atom is -0.478 e. The summed E-state index contributed by atoms with van der Waals surface area (Å²) in [4.78, 5) is 23.2. The van der Waals surface area contributed by atoms with E-state index in [1.807, 2.05) is 24.3 Å². The topological polar surface area (TPSA) is 75.6 Å². The van der Waals surface area contributed by atoms with E-state index >= 15 is 0 Å². The van der Waals surface area contributed by atoms with E-state index in [2.05, 4.69) is 5.32 Å². The molecule has 1 amide bonds. The van der Waals surface area contributed by atoms with Crippen molar-refractivity contribution < 1.29 is 19.4 Å². The summed E-state index contributed by atoms with van der Waals surface area (Å²) in [6.45, 7) is 2.00. The van der Waals surface area contributed by atoms with Gasteiger partial charge in [0.2, 0.25) is 0 Å². The van der Waals surface area contributed by atoms with Gasteiger partial charge < -0.3 is 15.2 Å². The summed E-state index contributed by atoms with van der Waals surface area (Å²) in [5.41, 5.74) is 3.06. The lowest BCUT2D eigenvalue weighted by Crippen LogP contribution is -2.25. The molecule has 25 heavy (non-hydrogen) atoms. The Labute approximate surface area is 146 Å². The van der Waals surface area contributed by atoms with Gasteiger partial charge in [0.1, 0.15) is 0 Å². The Morgan fingerprint density at radius 3 is 2.60 bits per heavy atom. The lowest BCUT2D eigenvalue weighted by Gasteiger charge is -2.10. The normalized spacial score (nSPS) is 16.6. The fourth-order valence-corrected chi connectivity index (χ4v) is 2.97. The maximum atomic E-state index is 12.3. The molecule has 1 heterocycles. The molecular formula is C20H21NO4. The Morgan fingerprint density at radius 2 is 1.92 bits per heavy atom. The smallest absolute Gasteiger partial charge is 0.335 e. The molecule has 0 bridgehead atoms. The first-order valence-electron chi connectivity index (χ1n) is 8.41. The van der Waals surface area contributed by atoms with Gasteiger partial charge in [-0.25, -0.2) is 4.79 Å². The molecule has 130 valence electrons. The summed E-state index contributed by atoms with van der Waals surface area (Å²) >= 11 is 0. The molecule has 0 radical (unpaired) electrons. The van der Waals surface area contributed by atoms with Crippen molar-refractivity contribution in [2.75, 3.05) is 19.8 Å². The lowest BCUT2D eigenvalue weighted by atomic mass is 9.96. The molecular weight excluding hydrogens is 318 g/mol. The monoisotopic (exact) mass is 339 g/mol. The van der Waals surface area contributed by atoms with Crippen LogP contribution in [0.3, 0.4) is 0 Å². The van der Waals surface area contributed by atoms with Crippen LogP contribution in [0.1, 0.15) is 44.2 Å². The van der Waals surface area contributed by atoms with Crippen molar-refractivity contribution in [1.29, 1.82) is 0 Å². The third-order valence-corrected chi connectivity index (χ3v) is 4.45. The van der Waals surface area contributed by atoms with Crippen molar-refractivity contribution >= 4 is 11.9 Å². The fourth-order valence-electron chi connectivity index (χ4n) is 2.97. The molecule has 2 N–H and O–H groups in total. The van der Waals surface area contributed by atoms with E-state index < -0.39 is 5.97 Å². The summed E-state index contributed by atoms with van der Waals surface area (Å²) in [5.74, 6) is -0.657. The highest BCUT2D eigenvalue weighted by molar-refractivity contribution is 5.94. The third-order valence-electron chi connectivity index (χ3n) is 4.45. The largest absolute Gasteiger partial charge is 0.478 e. The number of carboxylic acids is 1. The van der Waals surface area contributed by atoms with Gasteiger partial charge >= 0.3 is 5.97 Å². The molecule has 1 atom stereocenters. The van der Waals surface area contributed by atoms with Gasteiger partial charge in [0.05, 0.1) is 12.2 Å². The Bertz CT molecular complexity index is 749. The van der Waals surface area contributed by atoms with Crippen LogP contribution in [-0.4, -0.2) is 36.7 Å². The summed E-state index contributed by atoms with van der Waals surface area (Å²) < 4.78 is 5.41. The second-order valence-electron chi connectivity index (χ2n) is 6.19.